The van der Waals surface area contributed by atoms with Gasteiger partial charge in [-0.25, -0.2) is 0 Å². The molecule has 0 fully saturated rings. The highest BCUT2D eigenvalue weighted by Gasteiger charge is 2.20. The largest absolute Gasteiger partial charge is 0.466 e. The molecule has 0 heterocycles. The summed E-state index contributed by atoms with van der Waals surface area (Å²) in [5.41, 5.74) is 0. The Kier molecular flexibility index (Phi) is 55.0. The van der Waals surface area contributed by atoms with Gasteiger partial charge in [0.05, 0.1) is 25.4 Å². The molecule has 0 aliphatic carbocycles. The zero-order chi connectivity index (χ0) is 47.9. The van der Waals surface area contributed by atoms with E-state index in [0.29, 0.717) is 25.9 Å². The Morgan fingerprint density at radius 3 is 1.11 bits per heavy atom. The number of ether oxygens (including phenoxy) is 1. The third-order valence-corrected chi connectivity index (χ3v) is 14.1. The second kappa shape index (κ2) is 56.2. The van der Waals surface area contributed by atoms with Crippen LogP contribution in [0, 0.1) is 0 Å². The Morgan fingerprint density at radius 2 is 0.712 bits per heavy atom. The summed E-state index contributed by atoms with van der Waals surface area (Å²) in [6, 6.07) is -0.548. The molecule has 0 spiro atoms. The average Bonchev–Trinajstić information content (AvgIpc) is 3.32. The minimum Gasteiger partial charge on any atom is -0.466 e. The lowest BCUT2D eigenvalue weighted by molar-refractivity contribution is -0.143. The van der Waals surface area contributed by atoms with Gasteiger partial charge in [0.25, 0.3) is 0 Å². The van der Waals surface area contributed by atoms with Crippen LogP contribution in [-0.4, -0.2) is 47.4 Å². The number of hydrogen-bond donors (Lipinski definition) is 3. The number of carbonyl (C=O) groups is 2. The average molecular weight is 933 g/mol. The number of esters is 1. The van der Waals surface area contributed by atoms with E-state index in [1.807, 2.05) is 0 Å². The molecule has 0 saturated heterocycles. The first-order valence-electron chi connectivity index (χ1n) is 29.9. The number of unbranched alkanes of at least 4 members (excludes halogenated alkanes) is 43. The second-order valence-electron chi connectivity index (χ2n) is 20.7. The van der Waals surface area contributed by atoms with Crippen molar-refractivity contribution in [3.63, 3.8) is 0 Å². The molecule has 0 saturated carbocycles. The smallest absolute Gasteiger partial charge is 0.305 e. The molecular weight excluding hydrogens is 815 g/mol. The number of allylic oxidation sites excluding steroid dienone is 2. The van der Waals surface area contributed by atoms with E-state index in [-0.39, 0.29) is 18.5 Å². The number of aliphatic hydroxyl groups is 2. The van der Waals surface area contributed by atoms with Crippen molar-refractivity contribution in [3.05, 3.63) is 12.2 Å². The first kappa shape index (κ1) is 64.6. The Hall–Kier alpha value is -1.40. The molecular formula is C60H117NO5. The predicted molar refractivity (Wildman–Crippen MR) is 287 cm³/mol. The third-order valence-electron chi connectivity index (χ3n) is 14.1. The Balaban J connectivity index is 3.43. The standard InChI is InChI=1S/C60H117NO5/c1-3-5-7-9-11-13-15-17-18-19-20-21-22-23-24-26-29-32-36-40-44-48-52-58(63)57(56-62)61-59(64)53-49-45-41-37-33-30-27-25-28-31-35-39-43-47-51-55-66-60(65)54-50-46-42-38-34-16-14-12-10-8-6-4-2/h12,14,57-58,62-63H,3-11,13,15-56H2,1-2H3,(H,61,64)/b14-12-. The van der Waals surface area contributed by atoms with Gasteiger partial charge in [-0.05, 0) is 51.4 Å². The fraction of sp³-hybridized carbons (Fsp3) is 0.933. The summed E-state index contributed by atoms with van der Waals surface area (Å²) in [6.45, 7) is 4.93. The number of nitrogens with one attached hydrogen (secondary N) is 1. The molecule has 66 heavy (non-hydrogen) atoms. The SMILES string of the molecule is CCCCC/C=C\CCCCCCCC(=O)OCCCCCCCCCCCCCCCCCC(=O)NC(CO)C(O)CCCCCCCCCCCCCCCCCCCCCCCC. The molecule has 0 aromatic heterocycles. The van der Waals surface area contributed by atoms with Crippen molar-refractivity contribution in [3.8, 4) is 0 Å². The van der Waals surface area contributed by atoms with E-state index in [1.54, 1.807) is 0 Å². The van der Waals surface area contributed by atoms with Gasteiger partial charge in [-0.1, -0.05) is 283 Å². The lowest BCUT2D eigenvalue weighted by Gasteiger charge is -2.22. The maximum Gasteiger partial charge on any atom is 0.305 e. The molecule has 0 bridgehead atoms. The molecule has 0 aliphatic rings. The lowest BCUT2D eigenvalue weighted by Crippen LogP contribution is -2.45. The summed E-state index contributed by atoms with van der Waals surface area (Å²) >= 11 is 0. The van der Waals surface area contributed by atoms with E-state index in [4.69, 9.17) is 4.74 Å². The maximum atomic E-state index is 12.5. The normalized spacial score (nSPS) is 12.6. The molecule has 0 rings (SSSR count). The number of hydrogen-bond acceptors (Lipinski definition) is 5. The van der Waals surface area contributed by atoms with Crippen molar-refractivity contribution in [2.24, 2.45) is 0 Å². The van der Waals surface area contributed by atoms with E-state index in [2.05, 4.69) is 31.3 Å². The first-order chi connectivity index (χ1) is 32.5. The van der Waals surface area contributed by atoms with Crippen LogP contribution >= 0.6 is 0 Å². The van der Waals surface area contributed by atoms with Gasteiger partial charge in [-0.3, -0.25) is 9.59 Å². The molecule has 3 N–H and O–H groups in total. The van der Waals surface area contributed by atoms with Crippen molar-refractivity contribution >= 4 is 11.9 Å². The van der Waals surface area contributed by atoms with Crippen molar-refractivity contribution in [2.45, 2.75) is 347 Å². The summed E-state index contributed by atoms with van der Waals surface area (Å²) < 4.78 is 5.46. The van der Waals surface area contributed by atoms with Crippen LogP contribution in [-0.2, 0) is 14.3 Å². The summed E-state index contributed by atoms with van der Waals surface area (Å²) in [5, 5.41) is 23.4. The topological polar surface area (TPSA) is 95.9 Å². The molecule has 1 amide bonds. The predicted octanol–water partition coefficient (Wildman–Crippen LogP) is 18.5. The van der Waals surface area contributed by atoms with Crippen molar-refractivity contribution in [1.29, 1.82) is 0 Å². The van der Waals surface area contributed by atoms with Gasteiger partial charge in [0.1, 0.15) is 0 Å². The Morgan fingerprint density at radius 1 is 0.409 bits per heavy atom. The minimum absolute atomic E-state index is 0.00842. The van der Waals surface area contributed by atoms with Gasteiger partial charge in [0.2, 0.25) is 5.91 Å². The van der Waals surface area contributed by atoms with Crippen LogP contribution in [0.25, 0.3) is 0 Å². The van der Waals surface area contributed by atoms with Crippen LogP contribution in [0.1, 0.15) is 335 Å². The number of carbonyl (C=O) groups excluding carboxylic acids is 2. The molecule has 6 nitrogen and oxygen atoms in total. The zero-order valence-electron chi connectivity index (χ0n) is 44.7. The van der Waals surface area contributed by atoms with E-state index in [1.165, 1.54) is 250 Å². The molecule has 0 radical (unpaired) electrons. The maximum absolute atomic E-state index is 12.5. The zero-order valence-corrected chi connectivity index (χ0v) is 44.7. The Bertz CT molecular complexity index is 986. The quantitative estimate of drug-likeness (QED) is 0.0321. The minimum atomic E-state index is -0.671. The molecule has 0 aliphatic heterocycles. The summed E-state index contributed by atoms with van der Waals surface area (Å²) in [7, 11) is 0. The third kappa shape index (κ3) is 52.0. The molecule has 0 aromatic carbocycles. The van der Waals surface area contributed by atoms with E-state index >= 15 is 0 Å². The highest BCUT2D eigenvalue weighted by Crippen LogP contribution is 2.18. The van der Waals surface area contributed by atoms with E-state index in [9.17, 15) is 19.8 Å². The van der Waals surface area contributed by atoms with Gasteiger partial charge in [0, 0.05) is 12.8 Å². The summed E-state index contributed by atoms with van der Waals surface area (Å²) in [5.74, 6) is -0.0485. The number of amides is 1. The van der Waals surface area contributed by atoms with Gasteiger partial charge >= 0.3 is 5.97 Å². The van der Waals surface area contributed by atoms with Crippen LogP contribution in [0.2, 0.25) is 0 Å². The lowest BCUT2D eigenvalue weighted by atomic mass is 10.0. The van der Waals surface area contributed by atoms with Gasteiger partial charge in [0.15, 0.2) is 0 Å². The van der Waals surface area contributed by atoms with Gasteiger partial charge in [-0.2, -0.15) is 0 Å². The highest BCUT2D eigenvalue weighted by atomic mass is 16.5. The van der Waals surface area contributed by atoms with Crippen LogP contribution in [0.3, 0.4) is 0 Å². The second-order valence-corrected chi connectivity index (χ2v) is 20.7. The fourth-order valence-electron chi connectivity index (χ4n) is 9.46. The highest BCUT2D eigenvalue weighted by molar-refractivity contribution is 5.76. The van der Waals surface area contributed by atoms with Gasteiger partial charge < -0.3 is 20.3 Å². The molecule has 2 unspecified atom stereocenters. The van der Waals surface area contributed by atoms with Crippen molar-refractivity contribution in [2.75, 3.05) is 13.2 Å². The summed E-state index contributed by atoms with van der Waals surface area (Å²) in [6.07, 6.45) is 66.3. The molecule has 0 aromatic rings. The van der Waals surface area contributed by atoms with Gasteiger partial charge in [-0.15, -0.1) is 0 Å². The molecule has 2 atom stereocenters. The van der Waals surface area contributed by atoms with Crippen LogP contribution < -0.4 is 5.32 Å². The molecule has 392 valence electrons. The van der Waals surface area contributed by atoms with Crippen LogP contribution in [0.4, 0.5) is 0 Å². The number of aliphatic hydroxyl groups excluding tert-OH is 2. The van der Waals surface area contributed by atoms with Crippen molar-refractivity contribution < 1.29 is 24.5 Å². The summed E-state index contributed by atoms with van der Waals surface area (Å²) in [4.78, 5) is 24.5. The first-order valence-corrected chi connectivity index (χ1v) is 29.9. The van der Waals surface area contributed by atoms with Crippen LogP contribution in [0.15, 0.2) is 12.2 Å². The van der Waals surface area contributed by atoms with Crippen molar-refractivity contribution in [1.82, 2.24) is 5.32 Å². The van der Waals surface area contributed by atoms with E-state index < -0.39 is 12.1 Å². The fourth-order valence-corrected chi connectivity index (χ4v) is 9.46. The monoisotopic (exact) mass is 932 g/mol. The van der Waals surface area contributed by atoms with Crippen LogP contribution in [0.5, 0.6) is 0 Å². The molecule has 6 heteroatoms. The number of rotatable bonds is 56. The Labute approximate surface area is 412 Å². The van der Waals surface area contributed by atoms with E-state index in [0.717, 1.165) is 51.4 Å².